The molecule has 0 spiro atoms. The summed E-state index contributed by atoms with van der Waals surface area (Å²) in [5.41, 5.74) is 2.02. The van der Waals surface area contributed by atoms with Crippen molar-refractivity contribution in [2.24, 2.45) is 0 Å². The van der Waals surface area contributed by atoms with Gasteiger partial charge < -0.3 is 14.2 Å². The monoisotopic (exact) mass is 394 g/mol. The predicted molar refractivity (Wildman–Crippen MR) is 104 cm³/mol. The van der Waals surface area contributed by atoms with Crippen LogP contribution in [-0.2, 0) is 4.74 Å². The first-order chi connectivity index (χ1) is 13.4. The van der Waals surface area contributed by atoms with Gasteiger partial charge in [-0.05, 0) is 48.7 Å². The molecule has 0 aliphatic heterocycles. The van der Waals surface area contributed by atoms with E-state index in [1.54, 1.807) is 31.2 Å². The highest BCUT2D eigenvalue weighted by Gasteiger charge is 2.31. The summed E-state index contributed by atoms with van der Waals surface area (Å²) in [6.45, 7) is 5.59. The molecule has 0 saturated heterocycles. The number of ether oxygens (including phenoxy) is 3. The minimum atomic E-state index is -4.73. The van der Waals surface area contributed by atoms with Crippen LogP contribution in [0.25, 0.3) is 17.2 Å². The highest BCUT2D eigenvalue weighted by atomic mass is 19.4. The second kappa shape index (κ2) is 10.8. The summed E-state index contributed by atoms with van der Waals surface area (Å²) in [7, 11) is 0. The van der Waals surface area contributed by atoms with Gasteiger partial charge >= 0.3 is 6.36 Å². The van der Waals surface area contributed by atoms with Gasteiger partial charge in [-0.3, -0.25) is 0 Å². The fourth-order valence-corrected chi connectivity index (χ4v) is 2.57. The Labute approximate surface area is 163 Å². The third-order valence-corrected chi connectivity index (χ3v) is 3.91. The average molecular weight is 394 g/mol. The van der Waals surface area contributed by atoms with Crippen molar-refractivity contribution in [2.45, 2.75) is 33.1 Å². The zero-order valence-electron chi connectivity index (χ0n) is 16.1. The van der Waals surface area contributed by atoms with Crippen molar-refractivity contribution in [3.05, 3.63) is 54.1 Å². The van der Waals surface area contributed by atoms with Gasteiger partial charge in [0.1, 0.15) is 18.1 Å². The first-order valence-electron chi connectivity index (χ1n) is 9.26. The molecule has 0 heterocycles. The fraction of sp³-hybridized carbons (Fsp3) is 0.364. The van der Waals surface area contributed by atoms with Gasteiger partial charge in [-0.1, -0.05) is 43.7 Å². The minimum absolute atomic E-state index is 0.225. The summed E-state index contributed by atoms with van der Waals surface area (Å²) < 4.78 is 52.8. The largest absolute Gasteiger partial charge is 0.573 e. The molecule has 0 aliphatic rings. The molecule has 0 bridgehead atoms. The molecule has 6 heteroatoms. The van der Waals surface area contributed by atoms with Gasteiger partial charge in [0.2, 0.25) is 0 Å². The Morgan fingerprint density at radius 1 is 0.929 bits per heavy atom. The van der Waals surface area contributed by atoms with Gasteiger partial charge in [-0.25, -0.2) is 0 Å². The lowest BCUT2D eigenvalue weighted by Crippen LogP contribution is -2.17. The fourth-order valence-electron chi connectivity index (χ4n) is 2.57. The molecule has 0 atom stereocenters. The van der Waals surface area contributed by atoms with E-state index in [4.69, 9.17) is 9.47 Å². The average Bonchev–Trinajstić information content (AvgIpc) is 2.66. The summed E-state index contributed by atoms with van der Waals surface area (Å²) in [6, 6.07) is 12.0. The maximum absolute atomic E-state index is 12.5. The Morgan fingerprint density at radius 3 is 2.29 bits per heavy atom. The number of unbranched alkanes of at least 4 members (excludes halogenated alkanes) is 1. The topological polar surface area (TPSA) is 27.7 Å². The van der Waals surface area contributed by atoms with E-state index >= 15 is 0 Å². The molecule has 0 saturated carbocycles. The summed E-state index contributed by atoms with van der Waals surface area (Å²) in [5, 5.41) is 0. The van der Waals surface area contributed by atoms with Crippen molar-refractivity contribution < 1.29 is 27.4 Å². The molecule has 0 unspecified atom stereocenters. The van der Waals surface area contributed by atoms with Crippen molar-refractivity contribution >= 4 is 6.08 Å². The van der Waals surface area contributed by atoms with Crippen LogP contribution in [0.1, 0.15) is 32.3 Å². The van der Waals surface area contributed by atoms with Gasteiger partial charge in [0.05, 0.1) is 6.61 Å². The predicted octanol–water partition coefficient (Wildman–Crippen LogP) is 6.48. The summed E-state index contributed by atoms with van der Waals surface area (Å²) in [6.07, 6.45) is 0.664. The summed E-state index contributed by atoms with van der Waals surface area (Å²) in [5.74, 6) is 0.492. The van der Waals surface area contributed by atoms with Crippen LogP contribution in [0.2, 0.25) is 0 Å². The molecule has 2 rings (SSSR count). The lowest BCUT2D eigenvalue weighted by atomic mass is 10.0. The third kappa shape index (κ3) is 7.27. The standard InChI is InChI=1S/C22H25F3O3/c1-3-5-13-26-14-15-27-20-10-7-17(8-11-20)18-9-12-21(28-22(23,24)25)19(16-18)6-4-2/h4,6-12,16H,3,5,13-15H2,1-2H3/b6-4+. The summed E-state index contributed by atoms with van der Waals surface area (Å²) in [4.78, 5) is 0. The number of hydrogen-bond donors (Lipinski definition) is 0. The van der Waals surface area contributed by atoms with Crippen LogP contribution < -0.4 is 9.47 Å². The number of rotatable bonds is 10. The van der Waals surface area contributed by atoms with Crippen LogP contribution >= 0.6 is 0 Å². The lowest BCUT2D eigenvalue weighted by Gasteiger charge is -2.13. The quantitative estimate of drug-likeness (QED) is 0.432. The zero-order chi connectivity index (χ0) is 20.4. The van der Waals surface area contributed by atoms with Gasteiger partial charge in [0.15, 0.2) is 0 Å². The van der Waals surface area contributed by atoms with Crippen LogP contribution in [0.3, 0.4) is 0 Å². The number of halogens is 3. The maximum Gasteiger partial charge on any atom is 0.573 e. The molecule has 0 radical (unpaired) electrons. The Kier molecular flexibility index (Phi) is 8.39. The molecule has 2 aromatic carbocycles. The second-order valence-corrected chi connectivity index (χ2v) is 6.14. The van der Waals surface area contributed by atoms with Crippen molar-refractivity contribution in [3.63, 3.8) is 0 Å². The van der Waals surface area contributed by atoms with E-state index in [1.165, 1.54) is 6.07 Å². The molecule has 3 nitrogen and oxygen atoms in total. The molecule has 0 amide bonds. The Bertz CT molecular complexity index is 753. The highest BCUT2D eigenvalue weighted by molar-refractivity contribution is 5.71. The SMILES string of the molecule is C/C=C/c1cc(-c2ccc(OCCOCCCC)cc2)ccc1OC(F)(F)F. The highest BCUT2D eigenvalue weighted by Crippen LogP contribution is 2.32. The molecule has 28 heavy (non-hydrogen) atoms. The first-order valence-corrected chi connectivity index (χ1v) is 9.26. The molecule has 0 aliphatic carbocycles. The van der Waals surface area contributed by atoms with E-state index in [0.29, 0.717) is 24.5 Å². The molecule has 0 fully saturated rings. The molecular weight excluding hydrogens is 369 g/mol. The number of allylic oxidation sites excluding steroid dienone is 1. The Hall–Kier alpha value is -2.47. The van der Waals surface area contributed by atoms with E-state index < -0.39 is 6.36 Å². The Morgan fingerprint density at radius 2 is 1.64 bits per heavy atom. The lowest BCUT2D eigenvalue weighted by molar-refractivity contribution is -0.274. The normalized spacial score (nSPS) is 11.8. The second-order valence-electron chi connectivity index (χ2n) is 6.14. The molecule has 0 N–H and O–H groups in total. The van der Waals surface area contributed by atoms with Gasteiger partial charge in [0, 0.05) is 12.2 Å². The first kappa shape index (κ1) is 21.8. The molecular formula is C22H25F3O3. The van der Waals surface area contributed by atoms with Gasteiger partial charge in [-0.15, -0.1) is 13.2 Å². The smallest absolute Gasteiger partial charge is 0.491 e. The third-order valence-electron chi connectivity index (χ3n) is 3.91. The summed E-state index contributed by atoms with van der Waals surface area (Å²) >= 11 is 0. The van der Waals surface area contributed by atoms with Gasteiger partial charge in [0.25, 0.3) is 0 Å². The van der Waals surface area contributed by atoms with Crippen molar-refractivity contribution in [1.29, 1.82) is 0 Å². The van der Waals surface area contributed by atoms with E-state index in [0.717, 1.165) is 30.6 Å². The number of hydrogen-bond acceptors (Lipinski definition) is 3. The van der Waals surface area contributed by atoms with E-state index in [2.05, 4.69) is 11.7 Å². The van der Waals surface area contributed by atoms with E-state index in [9.17, 15) is 13.2 Å². The molecule has 0 aromatic heterocycles. The molecule has 152 valence electrons. The van der Waals surface area contributed by atoms with Crippen LogP contribution in [0.4, 0.5) is 13.2 Å². The van der Waals surface area contributed by atoms with E-state index in [-0.39, 0.29) is 5.75 Å². The van der Waals surface area contributed by atoms with Crippen LogP contribution in [0.15, 0.2) is 48.5 Å². The number of alkyl halides is 3. The zero-order valence-corrected chi connectivity index (χ0v) is 16.1. The van der Waals surface area contributed by atoms with Crippen LogP contribution in [-0.4, -0.2) is 26.2 Å². The van der Waals surface area contributed by atoms with Crippen molar-refractivity contribution in [3.8, 4) is 22.6 Å². The minimum Gasteiger partial charge on any atom is -0.491 e. The van der Waals surface area contributed by atoms with Crippen LogP contribution in [0.5, 0.6) is 11.5 Å². The van der Waals surface area contributed by atoms with Gasteiger partial charge in [-0.2, -0.15) is 0 Å². The molecule has 2 aromatic rings. The Balaban J connectivity index is 2.03. The van der Waals surface area contributed by atoms with Crippen molar-refractivity contribution in [2.75, 3.05) is 19.8 Å². The van der Waals surface area contributed by atoms with Crippen LogP contribution in [0, 0.1) is 0 Å². The number of benzene rings is 2. The van der Waals surface area contributed by atoms with Crippen molar-refractivity contribution in [1.82, 2.24) is 0 Å². The van der Waals surface area contributed by atoms with E-state index in [1.807, 2.05) is 24.3 Å². The maximum atomic E-state index is 12.5.